The van der Waals surface area contributed by atoms with Gasteiger partial charge in [-0.2, -0.15) is 0 Å². The van der Waals surface area contributed by atoms with E-state index in [0.29, 0.717) is 0 Å². The predicted molar refractivity (Wildman–Crippen MR) is 266 cm³/mol. The topological polar surface area (TPSA) is 6.48 Å². The number of nitrogens with zero attached hydrogens (tertiary/aromatic N) is 2. The molecule has 0 N–H and O–H groups in total. The molecule has 0 atom stereocenters. The highest BCUT2D eigenvalue weighted by molar-refractivity contribution is 6.93. The first kappa shape index (κ1) is 37.7. The van der Waals surface area contributed by atoms with Crippen molar-refractivity contribution < 1.29 is 0 Å². The van der Waals surface area contributed by atoms with Crippen LogP contribution in [-0.2, 0) is 27.1 Å². The minimum absolute atomic E-state index is 0.0426. The first-order valence-electron chi connectivity index (χ1n) is 23.6. The van der Waals surface area contributed by atoms with E-state index in [1.165, 1.54) is 137 Å². The number of hydrogen-bond acceptors (Lipinski definition) is 2. The second-order valence-corrected chi connectivity index (χ2v) is 22.6. The van der Waals surface area contributed by atoms with Crippen molar-refractivity contribution in [1.29, 1.82) is 0 Å². The molecule has 0 saturated heterocycles. The van der Waals surface area contributed by atoms with E-state index in [-0.39, 0.29) is 28.5 Å². The average molecular weight is 817 g/mol. The summed E-state index contributed by atoms with van der Waals surface area (Å²) in [5, 5.41) is 0. The van der Waals surface area contributed by atoms with Crippen LogP contribution in [0.5, 0.6) is 0 Å². The Kier molecular flexibility index (Phi) is 7.22. The third-order valence-electron chi connectivity index (χ3n) is 17.2. The second kappa shape index (κ2) is 12.1. The summed E-state index contributed by atoms with van der Waals surface area (Å²) in [6.07, 6.45) is 4.76. The maximum atomic E-state index is 2.81. The molecule has 3 aliphatic heterocycles. The molecular weight excluding hydrogens is 759 g/mol. The molecule has 0 saturated carbocycles. The quantitative estimate of drug-likeness (QED) is 0.152. The maximum absolute atomic E-state index is 2.81. The molecule has 310 valence electrons. The lowest BCUT2D eigenvalue weighted by atomic mass is 9.42. The molecule has 0 amide bonds. The third kappa shape index (κ3) is 4.66. The Labute approximate surface area is 375 Å². The van der Waals surface area contributed by atoms with Gasteiger partial charge in [0.2, 0.25) is 0 Å². The second-order valence-electron chi connectivity index (χ2n) is 22.6. The van der Waals surface area contributed by atoms with E-state index in [1.807, 2.05) is 0 Å². The van der Waals surface area contributed by atoms with Crippen LogP contribution in [0.25, 0.3) is 22.3 Å². The SMILES string of the molecule is Cc1cc2c3c(c1)N1c4ccccc4C4(c5ccccc5-c5ccccc54)c4cccc(c41)B3N(c1ccc3c(c1)C(C)(C)CCC3(C)C)c1cc3c(cc1-2)C(C)(C)CCC3(C)C. The smallest absolute Gasteiger partial charge is 0.333 e. The molecule has 7 aromatic carbocycles. The van der Waals surface area contributed by atoms with Gasteiger partial charge in [-0.1, -0.05) is 152 Å². The summed E-state index contributed by atoms with van der Waals surface area (Å²) in [6.45, 7) is 22.1. The molecule has 0 fully saturated rings. The van der Waals surface area contributed by atoms with Crippen molar-refractivity contribution in [3.63, 3.8) is 0 Å². The zero-order valence-corrected chi connectivity index (χ0v) is 38.5. The van der Waals surface area contributed by atoms with Crippen LogP contribution in [-0.4, -0.2) is 6.85 Å². The first-order chi connectivity index (χ1) is 30.1. The average Bonchev–Trinajstić information content (AvgIpc) is 3.56. The Morgan fingerprint density at radius 1 is 0.413 bits per heavy atom. The number of para-hydroxylation sites is 2. The fraction of sp³-hybridized carbons (Fsp3) is 0.300. The number of fused-ring (bicyclic) bond motifs is 15. The molecule has 0 radical (unpaired) electrons. The fourth-order valence-electron chi connectivity index (χ4n) is 13.7. The van der Waals surface area contributed by atoms with E-state index in [4.69, 9.17) is 0 Å². The highest BCUT2D eigenvalue weighted by atomic mass is 15.2. The molecule has 63 heavy (non-hydrogen) atoms. The van der Waals surface area contributed by atoms with Crippen LogP contribution in [0, 0.1) is 6.92 Å². The van der Waals surface area contributed by atoms with Gasteiger partial charge in [-0.05, 0) is 168 Å². The summed E-state index contributed by atoms with van der Waals surface area (Å²) >= 11 is 0. The number of rotatable bonds is 1. The summed E-state index contributed by atoms with van der Waals surface area (Å²) in [5.41, 5.74) is 27.5. The van der Waals surface area contributed by atoms with Crippen LogP contribution >= 0.6 is 0 Å². The van der Waals surface area contributed by atoms with E-state index >= 15 is 0 Å². The molecule has 3 heteroatoms. The highest BCUT2D eigenvalue weighted by Crippen LogP contribution is 2.64. The van der Waals surface area contributed by atoms with Crippen molar-refractivity contribution in [2.24, 2.45) is 0 Å². The Morgan fingerprint density at radius 2 is 0.968 bits per heavy atom. The van der Waals surface area contributed by atoms with Gasteiger partial charge in [0.25, 0.3) is 0 Å². The number of hydrogen-bond donors (Lipinski definition) is 0. The molecular formula is C60H57BN2. The van der Waals surface area contributed by atoms with Gasteiger partial charge in [0, 0.05) is 28.3 Å². The fourth-order valence-corrected chi connectivity index (χ4v) is 13.7. The molecule has 3 heterocycles. The van der Waals surface area contributed by atoms with Crippen molar-refractivity contribution in [2.45, 2.75) is 115 Å². The monoisotopic (exact) mass is 816 g/mol. The lowest BCUT2D eigenvalue weighted by Crippen LogP contribution is -2.63. The summed E-state index contributed by atoms with van der Waals surface area (Å²) < 4.78 is 0. The van der Waals surface area contributed by atoms with Crippen molar-refractivity contribution in [2.75, 3.05) is 9.71 Å². The lowest BCUT2D eigenvalue weighted by Gasteiger charge is -2.52. The molecule has 2 nitrogen and oxygen atoms in total. The van der Waals surface area contributed by atoms with Gasteiger partial charge in [0.05, 0.1) is 11.1 Å². The molecule has 6 aliphatic rings. The molecule has 7 aromatic rings. The lowest BCUT2D eigenvalue weighted by molar-refractivity contribution is 0.332. The van der Waals surface area contributed by atoms with E-state index in [9.17, 15) is 0 Å². The van der Waals surface area contributed by atoms with Crippen LogP contribution in [0.4, 0.5) is 28.4 Å². The predicted octanol–water partition coefficient (Wildman–Crippen LogP) is 14.1. The maximum Gasteiger partial charge on any atom is 0.333 e. The molecule has 1 spiro atoms. The van der Waals surface area contributed by atoms with Crippen LogP contribution < -0.4 is 20.6 Å². The first-order valence-corrected chi connectivity index (χ1v) is 23.6. The molecule has 3 aliphatic carbocycles. The van der Waals surface area contributed by atoms with E-state index in [1.54, 1.807) is 0 Å². The van der Waals surface area contributed by atoms with Crippen molar-refractivity contribution in [3.8, 4) is 22.3 Å². The summed E-state index contributed by atoms with van der Waals surface area (Å²) in [7, 11) is 0. The van der Waals surface area contributed by atoms with Gasteiger partial charge >= 0.3 is 6.85 Å². The van der Waals surface area contributed by atoms with Crippen molar-refractivity contribution >= 4 is 46.2 Å². The highest BCUT2D eigenvalue weighted by Gasteiger charge is 2.56. The summed E-state index contributed by atoms with van der Waals surface area (Å²) in [5.74, 6) is 0. The van der Waals surface area contributed by atoms with Crippen molar-refractivity contribution in [3.05, 3.63) is 184 Å². The van der Waals surface area contributed by atoms with Gasteiger partial charge in [0.1, 0.15) is 0 Å². The van der Waals surface area contributed by atoms with Gasteiger partial charge in [-0.15, -0.1) is 0 Å². The Bertz CT molecular complexity index is 3130. The summed E-state index contributed by atoms with van der Waals surface area (Å²) in [4.78, 5) is 5.49. The van der Waals surface area contributed by atoms with Gasteiger partial charge in [-0.3, -0.25) is 0 Å². The van der Waals surface area contributed by atoms with Gasteiger partial charge < -0.3 is 9.71 Å². The van der Waals surface area contributed by atoms with Crippen LogP contribution in [0.1, 0.15) is 131 Å². The molecule has 0 aromatic heterocycles. The Morgan fingerprint density at radius 3 is 1.63 bits per heavy atom. The molecule has 13 rings (SSSR count). The zero-order valence-electron chi connectivity index (χ0n) is 38.5. The van der Waals surface area contributed by atoms with E-state index in [0.717, 1.165) is 0 Å². The van der Waals surface area contributed by atoms with Crippen LogP contribution in [0.15, 0.2) is 133 Å². The molecule has 0 unspecified atom stereocenters. The number of benzene rings is 7. The minimum Gasteiger partial charge on any atom is -0.376 e. The number of aryl methyl sites for hydroxylation is 1. The summed E-state index contributed by atoms with van der Waals surface area (Å²) in [6, 6.07) is 53.1. The van der Waals surface area contributed by atoms with Crippen LogP contribution in [0.2, 0.25) is 0 Å². The van der Waals surface area contributed by atoms with Gasteiger partial charge in [-0.25, -0.2) is 0 Å². The Hall–Kier alpha value is -5.80. The van der Waals surface area contributed by atoms with E-state index < -0.39 is 5.41 Å². The van der Waals surface area contributed by atoms with Gasteiger partial charge in [0.15, 0.2) is 0 Å². The van der Waals surface area contributed by atoms with E-state index in [2.05, 4.69) is 205 Å². The van der Waals surface area contributed by atoms with Crippen LogP contribution in [0.3, 0.4) is 0 Å². The zero-order chi connectivity index (χ0) is 43.2. The largest absolute Gasteiger partial charge is 0.376 e. The number of anilines is 5. The molecule has 0 bridgehead atoms. The normalized spacial score (nSPS) is 19.8. The third-order valence-corrected chi connectivity index (χ3v) is 17.2. The Balaban J connectivity index is 1.18. The minimum atomic E-state index is -0.469. The standard InChI is InChI=1S/C60H57BN2/c1-36-31-41-40-34-48-49(59(8,9)30-29-58(48,6)7)35-52(40)63(37-25-26-44-47(33-37)57(4,5)28-27-56(44,2)3)61-50-23-16-22-46-55(50)62(53(32-36)54(41)61)51-24-15-14-21-45(51)60(46)42-19-12-10-17-38(42)39-18-11-13-20-43(39)60/h10-26,31-35H,27-30H2,1-9H3. The van der Waals surface area contributed by atoms with Crippen molar-refractivity contribution in [1.82, 2.24) is 0 Å².